The highest BCUT2D eigenvalue weighted by atomic mass is 19.3. The van der Waals surface area contributed by atoms with E-state index in [4.69, 9.17) is 0 Å². The van der Waals surface area contributed by atoms with Crippen LogP contribution in [0.4, 0.5) is 8.78 Å². The Labute approximate surface area is 215 Å². The highest BCUT2D eigenvalue weighted by Gasteiger charge is 2.26. The smallest absolute Gasteiger partial charge is 0.202 e. The molecule has 2 rings (SSSR count). The molecule has 35 heavy (non-hydrogen) atoms. The van der Waals surface area contributed by atoms with Crippen molar-refractivity contribution >= 4 is 0 Å². The number of aryl methyl sites for hydroxylation is 2. The molecule has 0 nitrogen and oxygen atoms in total. The predicted octanol–water partition coefficient (Wildman–Crippen LogP) is 11.0. The molecule has 0 saturated carbocycles. The van der Waals surface area contributed by atoms with Crippen LogP contribution in [0, 0.1) is 12.3 Å². The van der Waals surface area contributed by atoms with Gasteiger partial charge in [0, 0.05) is 12.5 Å². The van der Waals surface area contributed by atoms with Crippen LogP contribution in [-0.2, 0) is 18.8 Å². The Hall–Kier alpha value is -2.22. The number of hydrogen-bond donors (Lipinski definition) is 0. The molecule has 0 amide bonds. The van der Waals surface area contributed by atoms with Gasteiger partial charge in [0.15, 0.2) is 0 Å². The van der Waals surface area contributed by atoms with Crippen molar-refractivity contribution in [2.45, 2.75) is 106 Å². The molecule has 0 spiro atoms. The molecule has 0 saturated heterocycles. The monoisotopic (exact) mass is 484 g/mol. The topological polar surface area (TPSA) is 0 Å². The Kier molecular flexibility index (Phi) is 15.4. The molecule has 0 aliphatic carbocycles. The molecular formula is C33H50F2. The standard InChI is InChI=1S/C12H14F2.C12H24.C9H12/c1-9(2)8-10-4-6-11(7-5-10)12(3,13)14;1-6-9-12(8-3,10-7-2)11(4)5;1-3-9-7-5-4-6-8(9)2/h4-7H,1,8H2,2-3H3;4,6-10H2,1-3,5H3;4-7H,3H2,1-2H3. The first-order valence-electron chi connectivity index (χ1n) is 13.2. The third-order valence-electron chi connectivity index (χ3n) is 6.65. The summed E-state index contributed by atoms with van der Waals surface area (Å²) < 4.78 is 25.7. The number of alkyl halides is 2. The number of halogens is 2. The Morgan fingerprint density at radius 2 is 1.34 bits per heavy atom. The maximum Gasteiger partial charge on any atom is 0.270 e. The van der Waals surface area contributed by atoms with Crippen LogP contribution in [0.25, 0.3) is 0 Å². The first-order chi connectivity index (χ1) is 16.4. The lowest BCUT2D eigenvalue weighted by Gasteiger charge is -2.33. The van der Waals surface area contributed by atoms with Crippen molar-refractivity contribution in [2.75, 3.05) is 0 Å². The van der Waals surface area contributed by atoms with Crippen LogP contribution < -0.4 is 0 Å². The molecule has 2 aromatic carbocycles. The lowest BCUT2D eigenvalue weighted by Crippen LogP contribution is -2.20. The van der Waals surface area contributed by atoms with Crippen molar-refractivity contribution in [3.63, 3.8) is 0 Å². The van der Waals surface area contributed by atoms with Crippen LogP contribution in [-0.4, -0.2) is 0 Å². The molecule has 0 aliphatic heterocycles. The molecule has 0 atom stereocenters. The van der Waals surface area contributed by atoms with Crippen molar-refractivity contribution in [2.24, 2.45) is 5.41 Å². The normalized spacial score (nSPS) is 11.0. The van der Waals surface area contributed by atoms with E-state index in [1.807, 2.05) is 6.92 Å². The van der Waals surface area contributed by atoms with E-state index in [0.29, 0.717) is 5.41 Å². The van der Waals surface area contributed by atoms with Gasteiger partial charge in [0.05, 0.1) is 0 Å². The van der Waals surface area contributed by atoms with Gasteiger partial charge in [-0.25, -0.2) is 8.78 Å². The third kappa shape index (κ3) is 12.3. The minimum absolute atomic E-state index is 0.0583. The molecule has 0 N–H and O–H groups in total. The minimum atomic E-state index is -2.75. The summed E-state index contributed by atoms with van der Waals surface area (Å²) in [6, 6.07) is 14.9. The molecule has 0 aliphatic rings. The van der Waals surface area contributed by atoms with Crippen LogP contribution in [0.15, 0.2) is 72.8 Å². The molecule has 2 heteroatoms. The van der Waals surface area contributed by atoms with Crippen LogP contribution in [0.1, 0.15) is 103 Å². The quantitative estimate of drug-likeness (QED) is 0.294. The predicted molar refractivity (Wildman–Crippen MR) is 152 cm³/mol. The van der Waals surface area contributed by atoms with Crippen molar-refractivity contribution in [3.8, 4) is 0 Å². The third-order valence-corrected chi connectivity index (χ3v) is 6.65. The van der Waals surface area contributed by atoms with E-state index in [1.165, 1.54) is 60.9 Å². The van der Waals surface area contributed by atoms with Gasteiger partial charge in [-0.1, -0.05) is 113 Å². The number of allylic oxidation sites excluding steroid dienone is 2. The second-order valence-corrected chi connectivity index (χ2v) is 9.91. The summed E-state index contributed by atoms with van der Waals surface area (Å²) in [5, 5.41) is 0. The second kappa shape index (κ2) is 16.5. The van der Waals surface area contributed by atoms with Gasteiger partial charge in [0.25, 0.3) is 5.92 Å². The van der Waals surface area contributed by atoms with E-state index in [0.717, 1.165) is 30.9 Å². The number of hydrogen-bond acceptors (Lipinski definition) is 0. The van der Waals surface area contributed by atoms with Crippen LogP contribution >= 0.6 is 0 Å². The summed E-state index contributed by atoms with van der Waals surface area (Å²) >= 11 is 0. The molecule has 0 bridgehead atoms. The van der Waals surface area contributed by atoms with E-state index < -0.39 is 5.92 Å². The minimum Gasteiger partial charge on any atom is -0.202 e. The molecule has 196 valence electrons. The van der Waals surface area contributed by atoms with Gasteiger partial charge in [-0.15, -0.1) is 0 Å². The average molecular weight is 485 g/mol. The van der Waals surface area contributed by atoms with Crippen molar-refractivity contribution in [3.05, 3.63) is 95.1 Å². The molecule has 0 unspecified atom stereocenters. The van der Waals surface area contributed by atoms with Gasteiger partial charge in [-0.05, 0) is 75.0 Å². The van der Waals surface area contributed by atoms with E-state index >= 15 is 0 Å². The van der Waals surface area contributed by atoms with Crippen LogP contribution in [0.5, 0.6) is 0 Å². The lowest BCUT2D eigenvalue weighted by atomic mass is 9.72. The SMILES string of the molecule is C=C(C)C(CC)(CCC)CCC.C=C(C)Cc1ccc(C(C)(F)F)cc1.CCc1ccccc1C. The Morgan fingerprint density at radius 3 is 1.66 bits per heavy atom. The highest BCUT2D eigenvalue weighted by molar-refractivity contribution is 5.27. The average Bonchev–Trinajstić information content (AvgIpc) is 2.79. The van der Waals surface area contributed by atoms with E-state index in [1.54, 1.807) is 12.1 Å². The molecule has 0 heterocycles. The summed E-state index contributed by atoms with van der Waals surface area (Å²) in [5.41, 5.74) is 6.80. The van der Waals surface area contributed by atoms with Crippen molar-refractivity contribution in [1.29, 1.82) is 0 Å². The fourth-order valence-electron chi connectivity index (χ4n) is 4.43. The zero-order valence-electron chi connectivity index (χ0n) is 23.7. The summed E-state index contributed by atoms with van der Waals surface area (Å²) in [7, 11) is 0. The maximum absolute atomic E-state index is 12.8. The Bertz CT molecular complexity index is 863. The Balaban J connectivity index is 0.000000507. The zero-order valence-corrected chi connectivity index (χ0v) is 23.7. The first kappa shape index (κ1) is 32.8. The van der Waals surface area contributed by atoms with E-state index in [-0.39, 0.29) is 5.56 Å². The fourth-order valence-corrected chi connectivity index (χ4v) is 4.43. The molecule has 0 fully saturated rings. The molecule has 2 aromatic rings. The Morgan fingerprint density at radius 1 is 0.829 bits per heavy atom. The van der Waals surface area contributed by atoms with Crippen molar-refractivity contribution in [1.82, 2.24) is 0 Å². The number of benzene rings is 2. The number of rotatable bonds is 10. The molecular weight excluding hydrogens is 434 g/mol. The van der Waals surface area contributed by atoms with Crippen LogP contribution in [0.2, 0.25) is 0 Å². The van der Waals surface area contributed by atoms with E-state index in [2.05, 4.69) is 79.0 Å². The molecule has 0 radical (unpaired) electrons. The largest absolute Gasteiger partial charge is 0.270 e. The fraction of sp³-hybridized carbons (Fsp3) is 0.515. The summed E-state index contributed by atoms with van der Waals surface area (Å²) in [5.74, 6) is -2.75. The maximum atomic E-state index is 12.8. The lowest BCUT2D eigenvalue weighted by molar-refractivity contribution is 0.0174. The molecule has 0 aromatic heterocycles. The zero-order chi connectivity index (χ0) is 27.1. The van der Waals surface area contributed by atoms with Gasteiger partial charge in [0.2, 0.25) is 0 Å². The summed E-state index contributed by atoms with van der Waals surface area (Å²) in [6.07, 6.45) is 8.33. The van der Waals surface area contributed by atoms with Gasteiger partial charge >= 0.3 is 0 Å². The van der Waals surface area contributed by atoms with Crippen LogP contribution in [0.3, 0.4) is 0 Å². The van der Waals surface area contributed by atoms with Gasteiger partial charge < -0.3 is 0 Å². The van der Waals surface area contributed by atoms with Gasteiger partial charge in [-0.3, -0.25) is 0 Å². The summed E-state index contributed by atoms with van der Waals surface area (Å²) in [6.45, 7) is 24.1. The second-order valence-electron chi connectivity index (χ2n) is 9.91. The van der Waals surface area contributed by atoms with E-state index in [9.17, 15) is 8.78 Å². The summed E-state index contributed by atoms with van der Waals surface area (Å²) in [4.78, 5) is 0. The van der Waals surface area contributed by atoms with Gasteiger partial charge in [0.1, 0.15) is 0 Å². The van der Waals surface area contributed by atoms with Crippen molar-refractivity contribution < 1.29 is 8.78 Å². The first-order valence-corrected chi connectivity index (χ1v) is 13.2. The van der Waals surface area contributed by atoms with Gasteiger partial charge in [-0.2, -0.15) is 0 Å². The highest BCUT2D eigenvalue weighted by Crippen LogP contribution is 2.39.